The number of rotatable bonds is 5. The number of nitrogens with one attached hydrogen (secondary N) is 2. The molecule has 1 heterocycles. The van der Waals surface area contributed by atoms with E-state index in [9.17, 15) is 0 Å². The molecule has 0 bridgehead atoms. The van der Waals surface area contributed by atoms with E-state index < -0.39 is 0 Å². The van der Waals surface area contributed by atoms with Crippen molar-refractivity contribution >= 4 is 5.69 Å². The number of hydrogen-bond acceptors (Lipinski definition) is 2. The van der Waals surface area contributed by atoms with Crippen LogP contribution in [0.25, 0.3) is 0 Å². The summed E-state index contributed by atoms with van der Waals surface area (Å²) in [7, 11) is 0. The van der Waals surface area contributed by atoms with Crippen LogP contribution in [0.3, 0.4) is 0 Å². The van der Waals surface area contributed by atoms with E-state index in [-0.39, 0.29) is 0 Å². The molecule has 1 aromatic rings. The van der Waals surface area contributed by atoms with Crippen molar-refractivity contribution in [3.63, 3.8) is 0 Å². The van der Waals surface area contributed by atoms with Crippen LogP contribution in [0.5, 0.6) is 0 Å². The first kappa shape index (κ1) is 13.7. The molecule has 0 amide bonds. The van der Waals surface area contributed by atoms with Gasteiger partial charge in [0.25, 0.3) is 0 Å². The predicted molar refractivity (Wildman–Crippen MR) is 90.0 cm³/mol. The molecule has 0 atom stereocenters. The summed E-state index contributed by atoms with van der Waals surface area (Å²) < 4.78 is 0. The number of fused-ring (bicyclic) bond motifs is 1. The summed E-state index contributed by atoms with van der Waals surface area (Å²) in [6.07, 6.45) is 10.6. The van der Waals surface area contributed by atoms with Crippen LogP contribution in [0.4, 0.5) is 5.69 Å². The monoisotopic (exact) mass is 278 g/mol. The van der Waals surface area contributed by atoms with Gasteiger partial charge in [0.15, 0.2) is 0 Å². The van der Waals surface area contributed by atoms with Gasteiger partial charge in [0.05, 0.1) is 0 Å². The van der Waals surface area contributed by atoms with E-state index in [0.717, 1.165) is 43.6 Å². The second-order valence-corrected chi connectivity index (χ2v) is 5.81. The van der Waals surface area contributed by atoms with E-state index in [0.29, 0.717) is 0 Å². The first-order valence-corrected chi connectivity index (χ1v) is 7.53. The Bertz CT molecular complexity index is 635. The standard InChI is InChI=1S/C19H22N2/c1-14-7-9-18-10-8-17(12-19(18)21-14)13-20-15(2)11-16-5-3-4-6-16/h3-5,8,10,12,20-21H,1-2,6-7,9,11,13H2. The first-order valence-electron chi connectivity index (χ1n) is 7.53. The van der Waals surface area contributed by atoms with Crippen LogP contribution in [0, 0.1) is 0 Å². The molecule has 0 saturated carbocycles. The Morgan fingerprint density at radius 2 is 2.19 bits per heavy atom. The Morgan fingerprint density at radius 3 is 3.00 bits per heavy atom. The van der Waals surface area contributed by atoms with Crippen molar-refractivity contribution < 1.29 is 0 Å². The van der Waals surface area contributed by atoms with Gasteiger partial charge in [-0.1, -0.05) is 49.1 Å². The predicted octanol–water partition coefficient (Wildman–Crippen LogP) is 4.44. The third kappa shape index (κ3) is 3.46. The minimum absolute atomic E-state index is 0.820. The zero-order chi connectivity index (χ0) is 14.7. The lowest BCUT2D eigenvalue weighted by Crippen LogP contribution is -2.14. The van der Waals surface area contributed by atoms with Gasteiger partial charge in [-0.25, -0.2) is 0 Å². The van der Waals surface area contributed by atoms with E-state index in [1.165, 1.54) is 22.4 Å². The van der Waals surface area contributed by atoms with E-state index in [1.54, 1.807) is 0 Å². The molecular formula is C19H22N2. The molecule has 1 aliphatic heterocycles. The fourth-order valence-corrected chi connectivity index (χ4v) is 2.79. The van der Waals surface area contributed by atoms with E-state index in [2.05, 4.69) is 60.2 Å². The highest BCUT2D eigenvalue weighted by molar-refractivity contribution is 5.59. The van der Waals surface area contributed by atoms with Crippen LogP contribution < -0.4 is 10.6 Å². The number of anilines is 1. The number of benzene rings is 1. The van der Waals surface area contributed by atoms with Crippen LogP contribution in [0.1, 0.15) is 30.4 Å². The van der Waals surface area contributed by atoms with Crippen molar-refractivity contribution in [2.75, 3.05) is 5.32 Å². The minimum Gasteiger partial charge on any atom is -0.384 e. The van der Waals surface area contributed by atoms with Crippen LogP contribution in [-0.2, 0) is 13.0 Å². The Labute approximate surface area is 127 Å². The molecule has 0 saturated heterocycles. The summed E-state index contributed by atoms with van der Waals surface area (Å²) in [5.74, 6) is 0. The van der Waals surface area contributed by atoms with Gasteiger partial charge in [0, 0.05) is 30.0 Å². The third-order valence-corrected chi connectivity index (χ3v) is 4.01. The van der Waals surface area contributed by atoms with Crippen molar-refractivity contribution in [1.29, 1.82) is 0 Å². The summed E-state index contributed by atoms with van der Waals surface area (Å²) in [5, 5.41) is 6.82. The molecule has 2 aliphatic rings. The molecule has 108 valence electrons. The average molecular weight is 278 g/mol. The average Bonchev–Trinajstić information content (AvgIpc) is 2.97. The van der Waals surface area contributed by atoms with Crippen LogP contribution in [0.2, 0.25) is 0 Å². The molecule has 1 aromatic carbocycles. The summed E-state index contributed by atoms with van der Waals surface area (Å²) in [5.41, 5.74) is 7.48. The number of aryl methyl sites for hydroxylation is 1. The molecule has 3 rings (SSSR count). The molecule has 0 unspecified atom stereocenters. The summed E-state index contributed by atoms with van der Waals surface area (Å²) >= 11 is 0. The zero-order valence-electron chi connectivity index (χ0n) is 12.4. The van der Waals surface area contributed by atoms with Crippen molar-refractivity contribution in [2.45, 2.75) is 32.2 Å². The quantitative estimate of drug-likeness (QED) is 0.832. The maximum Gasteiger partial charge on any atom is 0.0417 e. The Kier molecular flexibility index (Phi) is 3.96. The van der Waals surface area contributed by atoms with Crippen molar-refractivity contribution in [3.8, 4) is 0 Å². The molecule has 0 spiro atoms. The molecule has 0 aromatic heterocycles. The molecule has 0 fully saturated rings. The molecule has 2 nitrogen and oxygen atoms in total. The lowest BCUT2D eigenvalue weighted by molar-refractivity contribution is 0.778. The van der Waals surface area contributed by atoms with Gasteiger partial charge in [0.2, 0.25) is 0 Å². The molecule has 1 aliphatic carbocycles. The van der Waals surface area contributed by atoms with Crippen LogP contribution in [0.15, 0.2) is 66.6 Å². The number of hydrogen-bond donors (Lipinski definition) is 2. The van der Waals surface area contributed by atoms with Gasteiger partial charge in [0.1, 0.15) is 0 Å². The van der Waals surface area contributed by atoms with Gasteiger partial charge >= 0.3 is 0 Å². The van der Waals surface area contributed by atoms with Gasteiger partial charge < -0.3 is 10.6 Å². The highest BCUT2D eigenvalue weighted by atomic mass is 14.9. The second kappa shape index (κ2) is 6.04. The SMILES string of the molecule is C=C(CC1=CC=CC1)NCc1ccc2c(c1)NC(=C)CC2. The first-order chi connectivity index (χ1) is 10.2. The lowest BCUT2D eigenvalue weighted by atomic mass is 9.99. The van der Waals surface area contributed by atoms with Crippen molar-refractivity contribution in [1.82, 2.24) is 5.32 Å². The van der Waals surface area contributed by atoms with Gasteiger partial charge in [-0.15, -0.1) is 0 Å². The van der Waals surface area contributed by atoms with Crippen LogP contribution in [-0.4, -0.2) is 0 Å². The van der Waals surface area contributed by atoms with E-state index >= 15 is 0 Å². The Hall–Kier alpha value is -2.22. The molecule has 2 N–H and O–H groups in total. The third-order valence-electron chi connectivity index (χ3n) is 4.01. The van der Waals surface area contributed by atoms with Gasteiger partial charge in [-0.05, 0) is 36.5 Å². The molecule has 21 heavy (non-hydrogen) atoms. The Morgan fingerprint density at radius 1 is 1.29 bits per heavy atom. The topological polar surface area (TPSA) is 24.1 Å². The lowest BCUT2D eigenvalue weighted by Gasteiger charge is -2.21. The highest BCUT2D eigenvalue weighted by Crippen LogP contribution is 2.27. The fourth-order valence-electron chi connectivity index (χ4n) is 2.79. The smallest absolute Gasteiger partial charge is 0.0417 e. The van der Waals surface area contributed by atoms with Crippen molar-refractivity contribution in [2.24, 2.45) is 0 Å². The van der Waals surface area contributed by atoms with Crippen molar-refractivity contribution in [3.05, 3.63) is 77.7 Å². The Balaban J connectivity index is 1.56. The summed E-state index contributed by atoms with van der Waals surface area (Å²) in [6, 6.07) is 6.64. The van der Waals surface area contributed by atoms with Gasteiger partial charge in [-0.2, -0.15) is 0 Å². The minimum atomic E-state index is 0.820. The summed E-state index contributed by atoms with van der Waals surface area (Å²) in [4.78, 5) is 0. The zero-order valence-corrected chi connectivity index (χ0v) is 12.4. The van der Waals surface area contributed by atoms with Gasteiger partial charge in [-0.3, -0.25) is 0 Å². The fraction of sp³-hybridized carbons (Fsp3) is 0.263. The summed E-state index contributed by atoms with van der Waals surface area (Å²) in [6.45, 7) is 8.97. The molecule has 0 radical (unpaired) electrons. The van der Waals surface area contributed by atoms with Crippen LogP contribution >= 0.6 is 0 Å². The highest BCUT2D eigenvalue weighted by Gasteiger charge is 2.11. The normalized spacial score (nSPS) is 16.2. The number of allylic oxidation sites excluding steroid dienone is 5. The largest absolute Gasteiger partial charge is 0.384 e. The maximum absolute atomic E-state index is 4.12. The van der Waals surface area contributed by atoms with E-state index in [4.69, 9.17) is 0 Å². The molecule has 2 heteroatoms. The second-order valence-electron chi connectivity index (χ2n) is 5.81. The maximum atomic E-state index is 4.12. The van der Waals surface area contributed by atoms with E-state index in [1.807, 2.05) is 0 Å². The molecular weight excluding hydrogens is 256 g/mol.